The molecule has 0 radical (unpaired) electrons. The van der Waals surface area contributed by atoms with E-state index in [0.717, 1.165) is 30.6 Å². The molecule has 1 aromatic rings. The number of piperazine rings is 1. The maximum Gasteiger partial charge on any atom is 0.390 e. The van der Waals surface area contributed by atoms with Crippen LogP contribution in [-0.2, 0) is 6.42 Å². The minimum absolute atomic E-state index is 0. The van der Waals surface area contributed by atoms with E-state index in [9.17, 15) is 13.2 Å². The molecular formula is C15H23Cl2F3N2. The second-order valence-electron chi connectivity index (χ2n) is 5.22. The first-order valence-electron chi connectivity index (χ1n) is 7.10. The monoisotopic (exact) mass is 358 g/mol. The van der Waals surface area contributed by atoms with Gasteiger partial charge in [-0.3, -0.25) is 4.90 Å². The van der Waals surface area contributed by atoms with Gasteiger partial charge in [-0.2, -0.15) is 13.2 Å². The largest absolute Gasteiger partial charge is 0.390 e. The number of nitrogens with one attached hydrogen (secondary N) is 1. The molecular weight excluding hydrogens is 336 g/mol. The molecule has 0 spiro atoms. The summed E-state index contributed by atoms with van der Waals surface area (Å²) in [6.07, 6.45) is -4.02. The summed E-state index contributed by atoms with van der Waals surface area (Å²) in [5.41, 5.74) is 1.92. The molecule has 1 aliphatic heterocycles. The van der Waals surface area contributed by atoms with Gasteiger partial charge < -0.3 is 5.32 Å². The summed E-state index contributed by atoms with van der Waals surface area (Å²) in [4.78, 5) is 1.94. The standard InChI is InChI=1S/C15H21F3N2.2ClH/c1-2-12-3-5-13(6-4-12)14(11-15(16,17)18)20-9-7-19-8-10-20;;/h3-6,14,19H,2,7-11H2,1H3;2*1H/t14-;;/m0../s1. The third kappa shape index (κ3) is 6.32. The minimum Gasteiger partial charge on any atom is -0.314 e. The lowest BCUT2D eigenvalue weighted by Gasteiger charge is -2.35. The van der Waals surface area contributed by atoms with Gasteiger partial charge in [-0.25, -0.2) is 0 Å². The summed E-state index contributed by atoms with van der Waals surface area (Å²) in [6, 6.07) is 6.99. The van der Waals surface area contributed by atoms with Gasteiger partial charge in [0.2, 0.25) is 0 Å². The van der Waals surface area contributed by atoms with Crippen molar-refractivity contribution in [2.75, 3.05) is 26.2 Å². The van der Waals surface area contributed by atoms with Gasteiger partial charge in [0.25, 0.3) is 0 Å². The fourth-order valence-electron chi connectivity index (χ4n) is 2.65. The fraction of sp³-hybridized carbons (Fsp3) is 0.600. The molecule has 1 heterocycles. The zero-order valence-electron chi connectivity index (χ0n) is 12.5. The highest BCUT2D eigenvalue weighted by Crippen LogP contribution is 2.34. The lowest BCUT2D eigenvalue weighted by molar-refractivity contribution is -0.148. The third-order valence-electron chi connectivity index (χ3n) is 3.79. The Morgan fingerprint density at radius 1 is 1.09 bits per heavy atom. The molecule has 0 saturated carbocycles. The minimum atomic E-state index is -4.14. The van der Waals surface area contributed by atoms with Gasteiger partial charge in [-0.15, -0.1) is 24.8 Å². The summed E-state index contributed by atoms with van der Waals surface area (Å²) in [5, 5.41) is 3.18. The number of aryl methyl sites for hydroxylation is 1. The zero-order chi connectivity index (χ0) is 14.6. The summed E-state index contributed by atoms with van der Waals surface area (Å²) >= 11 is 0. The predicted octanol–water partition coefficient (Wildman–Crippen LogP) is 3.99. The first kappa shape index (κ1) is 21.5. The SMILES string of the molecule is CCc1ccc([C@H](CC(F)(F)F)N2CCNCC2)cc1.Cl.Cl. The number of rotatable bonds is 4. The van der Waals surface area contributed by atoms with Crippen molar-refractivity contribution in [1.82, 2.24) is 10.2 Å². The predicted molar refractivity (Wildman–Crippen MR) is 88.2 cm³/mol. The van der Waals surface area contributed by atoms with E-state index in [4.69, 9.17) is 0 Å². The molecule has 7 heteroatoms. The molecule has 0 unspecified atom stereocenters. The van der Waals surface area contributed by atoms with Crippen LogP contribution >= 0.6 is 24.8 Å². The maximum absolute atomic E-state index is 12.8. The van der Waals surface area contributed by atoms with E-state index in [-0.39, 0.29) is 24.8 Å². The number of hydrogen-bond acceptors (Lipinski definition) is 2. The molecule has 0 aliphatic carbocycles. The van der Waals surface area contributed by atoms with Gasteiger partial charge in [-0.1, -0.05) is 31.2 Å². The quantitative estimate of drug-likeness (QED) is 0.875. The Morgan fingerprint density at radius 2 is 1.64 bits per heavy atom. The van der Waals surface area contributed by atoms with E-state index >= 15 is 0 Å². The van der Waals surface area contributed by atoms with Gasteiger partial charge in [0.15, 0.2) is 0 Å². The molecule has 22 heavy (non-hydrogen) atoms. The van der Waals surface area contributed by atoms with E-state index in [1.54, 1.807) is 0 Å². The lowest BCUT2D eigenvalue weighted by Crippen LogP contribution is -2.46. The molecule has 1 aromatic carbocycles. The Morgan fingerprint density at radius 3 is 2.09 bits per heavy atom. The molecule has 1 N–H and O–H groups in total. The van der Waals surface area contributed by atoms with Gasteiger partial charge in [0.05, 0.1) is 6.42 Å². The highest BCUT2D eigenvalue weighted by molar-refractivity contribution is 5.85. The van der Waals surface area contributed by atoms with Crippen LogP contribution in [0.5, 0.6) is 0 Å². The second kappa shape index (κ2) is 9.60. The van der Waals surface area contributed by atoms with Crippen LogP contribution in [0.2, 0.25) is 0 Å². The zero-order valence-corrected chi connectivity index (χ0v) is 14.2. The first-order chi connectivity index (χ1) is 9.49. The van der Waals surface area contributed by atoms with Gasteiger partial charge in [0, 0.05) is 32.2 Å². The summed E-state index contributed by atoms with van der Waals surface area (Å²) in [6.45, 7) is 4.87. The summed E-state index contributed by atoms with van der Waals surface area (Å²) in [5.74, 6) is 0. The van der Waals surface area contributed by atoms with Crippen molar-refractivity contribution in [3.8, 4) is 0 Å². The third-order valence-corrected chi connectivity index (χ3v) is 3.79. The molecule has 0 aromatic heterocycles. The number of alkyl halides is 3. The Bertz CT molecular complexity index is 418. The number of benzene rings is 1. The molecule has 0 amide bonds. The number of halogens is 5. The number of hydrogen-bond donors (Lipinski definition) is 1. The van der Waals surface area contributed by atoms with E-state index in [1.165, 1.54) is 0 Å². The van der Waals surface area contributed by atoms with Gasteiger partial charge in [0.1, 0.15) is 0 Å². The van der Waals surface area contributed by atoms with Crippen molar-refractivity contribution in [3.63, 3.8) is 0 Å². The Kier molecular flexibility index (Phi) is 9.39. The smallest absolute Gasteiger partial charge is 0.314 e. The molecule has 128 valence electrons. The van der Waals surface area contributed by atoms with Crippen LogP contribution in [-0.4, -0.2) is 37.3 Å². The highest BCUT2D eigenvalue weighted by Gasteiger charge is 2.35. The average Bonchev–Trinajstić information content (AvgIpc) is 2.45. The summed E-state index contributed by atoms with van der Waals surface area (Å²) in [7, 11) is 0. The van der Waals surface area contributed by atoms with Crippen LogP contribution in [0.3, 0.4) is 0 Å². The second-order valence-corrected chi connectivity index (χ2v) is 5.22. The van der Waals surface area contributed by atoms with Crippen LogP contribution in [0, 0.1) is 0 Å². The van der Waals surface area contributed by atoms with Gasteiger partial charge in [-0.05, 0) is 17.5 Å². The van der Waals surface area contributed by atoms with Crippen LogP contribution in [0.15, 0.2) is 24.3 Å². The molecule has 1 saturated heterocycles. The average molecular weight is 359 g/mol. The fourth-order valence-corrected chi connectivity index (χ4v) is 2.65. The maximum atomic E-state index is 12.8. The van der Waals surface area contributed by atoms with Crippen LogP contribution in [0.25, 0.3) is 0 Å². The van der Waals surface area contributed by atoms with E-state index in [1.807, 2.05) is 36.1 Å². The summed E-state index contributed by atoms with van der Waals surface area (Å²) < 4.78 is 38.5. The topological polar surface area (TPSA) is 15.3 Å². The Labute approximate surface area is 142 Å². The van der Waals surface area contributed by atoms with Crippen molar-refractivity contribution >= 4 is 24.8 Å². The van der Waals surface area contributed by atoms with Crippen molar-refractivity contribution in [2.45, 2.75) is 32.0 Å². The molecule has 1 aliphatic rings. The molecule has 1 atom stereocenters. The van der Waals surface area contributed by atoms with Gasteiger partial charge >= 0.3 is 6.18 Å². The lowest BCUT2D eigenvalue weighted by atomic mass is 9.99. The molecule has 0 bridgehead atoms. The molecule has 2 rings (SSSR count). The Balaban J connectivity index is 0.00000220. The first-order valence-corrected chi connectivity index (χ1v) is 7.10. The Hall–Kier alpha value is -0.490. The van der Waals surface area contributed by atoms with Crippen molar-refractivity contribution in [3.05, 3.63) is 35.4 Å². The van der Waals surface area contributed by atoms with Crippen molar-refractivity contribution in [2.24, 2.45) is 0 Å². The highest BCUT2D eigenvalue weighted by atomic mass is 35.5. The molecule has 1 fully saturated rings. The van der Waals surface area contributed by atoms with Crippen LogP contribution in [0.4, 0.5) is 13.2 Å². The van der Waals surface area contributed by atoms with Crippen molar-refractivity contribution < 1.29 is 13.2 Å². The van der Waals surface area contributed by atoms with E-state index in [2.05, 4.69) is 5.32 Å². The number of nitrogens with zero attached hydrogens (tertiary/aromatic N) is 1. The van der Waals surface area contributed by atoms with Crippen molar-refractivity contribution in [1.29, 1.82) is 0 Å². The molecule has 2 nitrogen and oxygen atoms in total. The van der Waals surface area contributed by atoms with E-state index in [0.29, 0.717) is 13.1 Å². The van der Waals surface area contributed by atoms with Crippen LogP contribution < -0.4 is 5.32 Å². The van der Waals surface area contributed by atoms with Crippen LogP contribution in [0.1, 0.15) is 30.5 Å². The van der Waals surface area contributed by atoms with E-state index < -0.39 is 18.6 Å². The normalized spacial score (nSPS) is 17.3.